The molecule has 3 N–H and O–H groups in total. The fourth-order valence-corrected chi connectivity index (χ4v) is 0.428. The van der Waals surface area contributed by atoms with Crippen molar-refractivity contribution in [3.8, 4) is 0 Å². The second kappa shape index (κ2) is 1.80. The zero-order chi connectivity index (χ0) is 5.11. The minimum Gasteiger partial charge on any atom is -0.360 e. The van der Waals surface area contributed by atoms with Gasteiger partial charge in [-0.15, -0.1) is 0 Å². The van der Waals surface area contributed by atoms with E-state index in [1.807, 2.05) is 12.3 Å². The van der Waals surface area contributed by atoms with Gasteiger partial charge < -0.3 is 10.7 Å². The normalized spacial score (nSPS) is 9.29. The van der Waals surface area contributed by atoms with Crippen molar-refractivity contribution in [3.05, 3.63) is 24.0 Å². The van der Waals surface area contributed by atoms with E-state index in [-0.39, 0.29) is 0 Å². The number of H-pyrrole nitrogens is 1. The molecule has 1 radical (unpaired) electrons. The van der Waals surface area contributed by atoms with E-state index < -0.39 is 0 Å². The van der Waals surface area contributed by atoms with E-state index in [1.165, 1.54) is 0 Å². The van der Waals surface area contributed by atoms with E-state index in [9.17, 15) is 0 Å². The summed E-state index contributed by atoms with van der Waals surface area (Å²) in [5.41, 5.74) is 6.35. The highest BCUT2D eigenvalue weighted by atomic mass is 14.6. The lowest BCUT2D eigenvalue weighted by molar-refractivity contribution is 1.07. The molecule has 37 valence electrons. The molecule has 0 aromatic carbocycles. The molecule has 1 aromatic rings. The van der Waals surface area contributed by atoms with Gasteiger partial charge in [0.05, 0.1) is 6.20 Å². The third-order valence-corrected chi connectivity index (χ3v) is 0.834. The van der Waals surface area contributed by atoms with Gasteiger partial charge in [0.15, 0.2) is 0 Å². The molecular formula is C5H7N2. The summed E-state index contributed by atoms with van der Waals surface area (Å²) in [6.45, 7) is 0.597. The Morgan fingerprint density at radius 1 is 1.86 bits per heavy atom. The predicted octanol–water partition coefficient (Wildman–Crippen LogP) is 0.274. The minimum absolute atomic E-state index is 0.597. The second-order valence-electron chi connectivity index (χ2n) is 1.36. The van der Waals surface area contributed by atoms with Crippen molar-refractivity contribution < 1.29 is 0 Å². The molecule has 1 aromatic heterocycles. The van der Waals surface area contributed by atoms with Crippen LogP contribution in [0.25, 0.3) is 0 Å². The van der Waals surface area contributed by atoms with Crippen molar-refractivity contribution >= 4 is 0 Å². The van der Waals surface area contributed by atoms with Crippen LogP contribution in [0.2, 0.25) is 0 Å². The molecular weight excluding hydrogens is 88.1 g/mol. The van der Waals surface area contributed by atoms with Crippen molar-refractivity contribution in [2.24, 2.45) is 5.73 Å². The Balaban J connectivity index is 2.76. The Hall–Kier alpha value is -0.760. The van der Waals surface area contributed by atoms with Crippen LogP contribution in [-0.4, -0.2) is 4.98 Å². The van der Waals surface area contributed by atoms with Gasteiger partial charge in [-0.25, -0.2) is 0 Å². The fourth-order valence-electron chi connectivity index (χ4n) is 0.428. The van der Waals surface area contributed by atoms with Crippen LogP contribution in [0.5, 0.6) is 0 Å². The molecule has 0 unspecified atom stereocenters. The van der Waals surface area contributed by atoms with Gasteiger partial charge in [-0.1, -0.05) is 0 Å². The number of nitrogens with two attached hydrogens (primary N) is 1. The minimum atomic E-state index is 0.597. The maximum atomic E-state index is 5.25. The molecule has 2 heteroatoms. The molecule has 1 rings (SSSR count). The van der Waals surface area contributed by atoms with Crippen LogP contribution in [0.4, 0.5) is 0 Å². The van der Waals surface area contributed by atoms with Gasteiger partial charge in [0.1, 0.15) is 0 Å². The molecule has 0 aliphatic heterocycles. The largest absolute Gasteiger partial charge is 0.360 e. The molecule has 0 aliphatic rings. The Morgan fingerprint density at radius 2 is 2.71 bits per heavy atom. The maximum absolute atomic E-state index is 5.25. The fraction of sp³-hybridized carbons (Fsp3) is 0.200. The number of nitrogens with one attached hydrogen (secondary N) is 1. The van der Waals surface area contributed by atoms with Crippen LogP contribution in [0.15, 0.2) is 12.3 Å². The number of hydrogen-bond donors (Lipinski definition) is 2. The zero-order valence-electron chi connectivity index (χ0n) is 3.94. The van der Waals surface area contributed by atoms with Gasteiger partial charge in [0.2, 0.25) is 0 Å². The summed E-state index contributed by atoms with van der Waals surface area (Å²) in [6.07, 6.45) is 4.61. The average Bonchev–Trinajstić information content (AvgIpc) is 2.14. The summed E-state index contributed by atoms with van der Waals surface area (Å²) in [7, 11) is 0. The van der Waals surface area contributed by atoms with Gasteiger partial charge in [0, 0.05) is 12.7 Å². The van der Waals surface area contributed by atoms with Gasteiger partial charge in [-0.2, -0.15) is 0 Å². The van der Waals surface area contributed by atoms with E-state index in [0.717, 1.165) is 5.56 Å². The van der Waals surface area contributed by atoms with Crippen molar-refractivity contribution in [3.63, 3.8) is 0 Å². The summed E-state index contributed by atoms with van der Waals surface area (Å²) >= 11 is 0. The van der Waals surface area contributed by atoms with Crippen molar-refractivity contribution in [1.29, 1.82) is 0 Å². The van der Waals surface area contributed by atoms with Gasteiger partial charge >= 0.3 is 0 Å². The van der Waals surface area contributed by atoms with Crippen LogP contribution in [0, 0.1) is 6.20 Å². The number of hydrogen-bond acceptors (Lipinski definition) is 1. The lowest BCUT2D eigenvalue weighted by atomic mass is 10.4. The Kier molecular flexibility index (Phi) is 1.13. The Labute approximate surface area is 42.3 Å². The number of rotatable bonds is 1. The van der Waals surface area contributed by atoms with E-state index in [4.69, 9.17) is 5.73 Å². The molecule has 1 heterocycles. The van der Waals surface area contributed by atoms with Crippen molar-refractivity contribution in [2.75, 3.05) is 0 Å². The highest BCUT2D eigenvalue weighted by molar-refractivity contribution is 5.05. The molecule has 0 atom stereocenters. The first-order valence-electron chi connectivity index (χ1n) is 2.17. The van der Waals surface area contributed by atoms with E-state index in [2.05, 4.69) is 11.2 Å². The summed E-state index contributed by atoms with van der Waals surface area (Å²) in [6, 6.07) is 1.83. The number of aromatic nitrogens is 1. The quantitative estimate of drug-likeness (QED) is 0.516. The Bertz CT molecular complexity index is 121. The summed E-state index contributed by atoms with van der Waals surface area (Å²) in [5, 5.41) is 0. The zero-order valence-corrected chi connectivity index (χ0v) is 3.94. The van der Waals surface area contributed by atoms with Crippen LogP contribution >= 0.6 is 0 Å². The smallest absolute Gasteiger partial charge is 0.0622 e. The predicted molar refractivity (Wildman–Crippen MR) is 27.5 cm³/mol. The van der Waals surface area contributed by atoms with Crippen LogP contribution in [-0.2, 0) is 6.54 Å². The standard InChI is InChI=1S/C5H7N2/c6-3-5-1-2-7-4-5/h1,4,7H,3,6H2. The lowest BCUT2D eigenvalue weighted by Crippen LogP contribution is -1.92. The Morgan fingerprint density at radius 3 is 3.00 bits per heavy atom. The van der Waals surface area contributed by atoms with Crippen molar-refractivity contribution in [2.45, 2.75) is 6.54 Å². The van der Waals surface area contributed by atoms with Gasteiger partial charge in [-0.3, -0.25) is 0 Å². The second-order valence-corrected chi connectivity index (χ2v) is 1.36. The first-order chi connectivity index (χ1) is 3.43. The summed E-state index contributed by atoms with van der Waals surface area (Å²) < 4.78 is 0. The highest BCUT2D eigenvalue weighted by Crippen LogP contribution is 1.90. The van der Waals surface area contributed by atoms with E-state index in [1.54, 1.807) is 0 Å². The molecule has 0 spiro atoms. The van der Waals surface area contributed by atoms with Crippen molar-refractivity contribution in [1.82, 2.24) is 4.98 Å². The van der Waals surface area contributed by atoms with Gasteiger partial charge in [-0.05, 0) is 11.6 Å². The molecule has 7 heavy (non-hydrogen) atoms. The summed E-state index contributed by atoms with van der Waals surface area (Å²) in [4.78, 5) is 2.78. The maximum Gasteiger partial charge on any atom is 0.0622 e. The third-order valence-electron chi connectivity index (χ3n) is 0.834. The van der Waals surface area contributed by atoms with E-state index in [0.29, 0.717) is 6.54 Å². The van der Waals surface area contributed by atoms with Crippen LogP contribution in [0.3, 0.4) is 0 Å². The molecule has 2 nitrogen and oxygen atoms in total. The third kappa shape index (κ3) is 0.810. The molecule has 0 fully saturated rings. The number of aromatic amines is 1. The van der Waals surface area contributed by atoms with Crippen LogP contribution < -0.4 is 5.73 Å². The van der Waals surface area contributed by atoms with Crippen LogP contribution in [0.1, 0.15) is 5.56 Å². The molecule has 0 saturated heterocycles. The monoisotopic (exact) mass is 95.1 g/mol. The first kappa shape index (κ1) is 4.40. The SMILES string of the molecule is NCc1c[c][nH]c1. The molecule has 0 amide bonds. The molecule has 0 bridgehead atoms. The summed E-state index contributed by atoms with van der Waals surface area (Å²) in [5.74, 6) is 0. The highest BCUT2D eigenvalue weighted by Gasteiger charge is 1.82. The first-order valence-corrected chi connectivity index (χ1v) is 2.17. The molecule has 0 saturated carbocycles. The van der Waals surface area contributed by atoms with Gasteiger partial charge in [0.25, 0.3) is 0 Å². The van der Waals surface area contributed by atoms with E-state index >= 15 is 0 Å². The molecule has 0 aliphatic carbocycles. The topological polar surface area (TPSA) is 41.8 Å². The lowest BCUT2D eigenvalue weighted by Gasteiger charge is -1.79. The average molecular weight is 95.1 g/mol.